The van der Waals surface area contributed by atoms with E-state index in [0.717, 1.165) is 24.6 Å². The molecule has 0 fully saturated rings. The summed E-state index contributed by atoms with van der Waals surface area (Å²) in [6, 6.07) is 10.8. The second-order valence-electron chi connectivity index (χ2n) is 6.38. The zero-order valence-electron chi connectivity index (χ0n) is 15.6. The summed E-state index contributed by atoms with van der Waals surface area (Å²) in [6.07, 6.45) is 6.68. The maximum absolute atomic E-state index is 5.53. The van der Waals surface area contributed by atoms with Crippen LogP contribution in [0.15, 0.2) is 36.4 Å². The van der Waals surface area contributed by atoms with Crippen LogP contribution >= 0.6 is 0 Å². The first kappa shape index (κ1) is 17.4. The highest BCUT2D eigenvalue weighted by Crippen LogP contribution is 2.45. The van der Waals surface area contributed by atoms with E-state index in [1.165, 1.54) is 40.8 Å². The predicted octanol–water partition coefficient (Wildman–Crippen LogP) is 5.52. The molecule has 0 radical (unpaired) electrons. The number of nitrogens with zero attached hydrogens (tertiary/aromatic N) is 1. The summed E-state index contributed by atoms with van der Waals surface area (Å²) in [5.74, 6) is 1.58. The summed E-state index contributed by atoms with van der Waals surface area (Å²) < 4.78 is 11.0. The summed E-state index contributed by atoms with van der Waals surface area (Å²) in [6.45, 7) is 6.27. The van der Waals surface area contributed by atoms with Crippen LogP contribution in [0.1, 0.15) is 37.8 Å². The molecule has 0 N–H and O–H groups in total. The molecule has 0 saturated carbocycles. The number of anilines is 1. The Bertz CT molecular complexity index is 780. The molecule has 0 amide bonds. The van der Waals surface area contributed by atoms with Crippen LogP contribution in [0.5, 0.6) is 11.5 Å². The number of rotatable bonds is 6. The van der Waals surface area contributed by atoms with Gasteiger partial charge in [0.15, 0.2) is 11.5 Å². The van der Waals surface area contributed by atoms with Crippen LogP contribution in [0, 0.1) is 0 Å². The molecular formula is C22H27NO2. The van der Waals surface area contributed by atoms with E-state index in [2.05, 4.69) is 61.2 Å². The van der Waals surface area contributed by atoms with Gasteiger partial charge in [0.2, 0.25) is 0 Å². The minimum atomic E-state index is 0.783. The van der Waals surface area contributed by atoms with Crippen molar-refractivity contribution in [2.24, 2.45) is 0 Å². The third-order valence-electron chi connectivity index (χ3n) is 4.77. The van der Waals surface area contributed by atoms with Gasteiger partial charge in [-0.05, 0) is 42.2 Å². The molecule has 0 spiro atoms. The topological polar surface area (TPSA) is 21.7 Å². The fourth-order valence-corrected chi connectivity index (χ4v) is 3.57. The molecule has 1 heterocycles. The van der Waals surface area contributed by atoms with Crippen molar-refractivity contribution in [3.05, 3.63) is 47.5 Å². The highest BCUT2D eigenvalue weighted by molar-refractivity contribution is 5.90. The van der Waals surface area contributed by atoms with Gasteiger partial charge in [0.25, 0.3) is 0 Å². The summed E-state index contributed by atoms with van der Waals surface area (Å²) in [4.78, 5) is 2.50. The number of para-hydroxylation sites is 1. The first-order valence-corrected chi connectivity index (χ1v) is 8.99. The Morgan fingerprint density at radius 1 is 1.08 bits per heavy atom. The molecule has 0 bridgehead atoms. The van der Waals surface area contributed by atoms with Gasteiger partial charge >= 0.3 is 0 Å². The van der Waals surface area contributed by atoms with Crippen molar-refractivity contribution in [3.63, 3.8) is 0 Å². The van der Waals surface area contributed by atoms with Crippen LogP contribution in [-0.2, 0) is 6.54 Å². The third kappa shape index (κ3) is 3.23. The van der Waals surface area contributed by atoms with E-state index in [-0.39, 0.29) is 0 Å². The first-order chi connectivity index (χ1) is 12.2. The molecule has 0 saturated heterocycles. The van der Waals surface area contributed by atoms with E-state index >= 15 is 0 Å². The van der Waals surface area contributed by atoms with Gasteiger partial charge in [0, 0.05) is 18.7 Å². The quantitative estimate of drug-likeness (QED) is 0.692. The summed E-state index contributed by atoms with van der Waals surface area (Å²) >= 11 is 0. The van der Waals surface area contributed by atoms with Crippen molar-refractivity contribution >= 4 is 11.8 Å². The maximum Gasteiger partial charge on any atom is 0.161 e. The Morgan fingerprint density at radius 3 is 2.52 bits per heavy atom. The predicted molar refractivity (Wildman–Crippen MR) is 106 cm³/mol. The fourth-order valence-electron chi connectivity index (χ4n) is 3.57. The molecule has 3 heteroatoms. The molecule has 3 rings (SSSR count). The zero-order valence-corrected chi connectivity index (χ0v) is 15.6. The largest absolute Gasteiger partial charge is 0.493 e. The number of hydrogen-bond donors (Lipinski definition) is 0. The second-order valence-corrected chi connectivity index (χ2v) is 6.38. The Balaban J connectivity index is 2.19. The van der Waals surface area contributed by atoms with Crippen LogP contribution in [0.4, 0.5) is 5.69 Å². The average molecular weight is 337 g/mol. The number of benzene rings is 2. The van der Waals surface area contributed by atoms with Gasteiger partial charge in [-0.2, -0.15) is 0 Å². The van der Waals surface area contributed by atoms with E-state index in [1.807, 2.05) is 0 Å². The van der Waals surface area contributed by atoms with E-state index in [1.54, 1.807) is 14.2 Å². The molecule has 0 aliphatic carbocycles. The van der Waals surface area contributed by atoms with Crippen molar-refractivity contribution in [3.8, 4) is 22.6 Å². The molecule has 2 aromatic carbocycles. The van der Waals surface area contributed by atoms with Gasteiger partial charge in [0.1, 0.15) is 0 Å². The lowest BCUT2D eigenvalue weighted by Gasteiger charge is -2.35. The van der Waals surface area contributed by atoms with Crippen molar-refractivity contribution < 1.29 is 9.47 Å². The fraction of sp³-hybridized carbons (Fsp3) is 0.364. The number of hydrogen-bond acceptors (Lipinski definition) is 3. The van der Waals surface area contributed by atoms with Crippen molar-refractivity contribution in [1.82, 2.24) is 0 Å². The highest BCUT2D eigenvalue weighted by atomic mass is 16.5. The number of methoxy groups -OCH3 is 2. The van der Waals surface area contributed by atoms with Crippen molar-refractivity contribution in [2.75, 3.05) is 25.7 Å². The minimum Gasteiger partial charge on any atom is -0.493 e. The third-order valence-corrected chi connectivity index (χ3v) is 4.77. The minimum absolute atomic E-state index is 0.783. The maximum atomic E-state index is 5.53. The Labute approximate surface area is 150 Å². The van der Waals surface area contributed by atoms with Crippen LogP contribution < -0.4 is 14.4 Å². The molecule has 0 atom stereocenters. The molecule has 3 nitrogen and oxygen atoms in total. The number of unbranched alkanes of at least 4 members (excludes halogenated alkanes) is 1. The van der Waals surface area contributed by atoms with Gasteiger partial charge in [-0.15, -0.1) is 0 Å². The van der Waals surface area contributed by atoms with Gasteiger partial charge in [0.05, 0.1) is 19.9 Å². The average Bonchev–Trinajstić information content (AvgIpc) is 2.65. The Hall–Kier alpha value is -2.42. The lowest BCUT2D eigenvalue weighted by Crippen LogP contribution is -2.28. The number of allylic oxidation sites excluding steroid dienone is 1. The van der Waals surface area contributed by atoms with Gasteiger partial charge in [-0.3, -0.25) is 0 Å². The van der Waals surface area contributed by atoms with Crippen LogP contribution in [-0.4, -0.2) is 20.8 Å². The van der Waals surface area contributed by atoms with E-state index in [4.69, 9.17) is 9.47 Å². The lowest BCUT2D eigenvalue weighted by atomic mass is 9.90. The molecule has 1 aliphatic rings. The van der Waals surface area contributed by atoms with Crippen LogP contribution in [0.2, 0.25) is 0 Å². The van der Waals surface area contributed by atoms with Gasteiger partial charge < -0.3 is 14.4 Å². The molecular weight excluding hydrogens is 310 g/mol. The lowest BCUT2D eigenvalue weighted by molar-refractivity contribution is 0.354. The molecule has 1 aliphatic heterocycles. The SMILES string of the molecule is C/C=C/c1cccc2c1N(CCCC)Cc1cc(OC)c(OC)cc1-2. The normalized spacial score (nSPS) is 12.9. The molecule has 0 unspecified atom stereocenters. The Kier molecular flexibility index (Phi) is 5.32. The summed E-state index contributed by atoms with van der Waals surface area (Å²) in [5.41, 5.74) is 6.41. The standard InChI is InChI=1S/C22H27NO2/c1-5-7-12-23-15-17-13-20(24-3)21(25-4)14-19(17)18-11-8-10-16(9-6-2)22(18)23/h6,8-11,13-14H,5,7,12,15H2,1-4H3/b9-6+. The van der Waals surface area contributed by atoms with Gasteiger partial charge in [-0.25, -0.2) is 0 Å². The summed E-state index contributed by atoms with van der Waals surface area (Å²) in [7, 11) is 3.39. The van der Waals surface area contributed by atoms with Crippen LogP contribution in [0.25, 0.3) is 17.2 Å². The number of fused-ring (bicyclic) bond motifs is 3. The smallest absolute Gasteiger partial charge is 0.161 e. The highest BCUT2D eigenvalue weighted by Gasteiger charge is 2.25. The monoisotopic (exact) mass is 337 g/mol. The van der Waals surface area contributed by atoms with E-state index in [9.17, 15) is 0 Å². The van der Waals surface area contributed by atoms with Crippen molar-refractivity contribution in [1.29, 1.82) is 0 Å². The first-order valence-electron chi connectivity index (χ1n) is 8.99. The number of ether oxygens (including phenoxy) is 2. The molecule has 25 heavy (non-hydrogen) atoms. The zero-order chi connectivity index (χ0) is 17.8. The second kappa shape index (κ2) is 7.64. The van der Waals surface area contributed by atoms with Crippen LogP contribution in [0.3, 0.4) is 0 Å². The molecule has 132 valence electrons. The molecule has 2 aromatic rings. The summed E-state index contributed by atoms with van der Waals surface area (Å²) in [5, 5.41) is 0. The van der Waals surface area contributed by atoms with Crippen molar-refractivity contribution in [2.45, 2.75) is 33.2 Å². The Morgan fingerprint density at radius 2 is 1.84 bits per heavy atom. The van der Waals surface area contributed by atoms with Gasteiger partial charge in [-0.1, -0.05) is 43.7 Å². The molecule has 0 aromatic heterocycles. The van der Waals surface area contributed by atoms with E-state index in [0.29, 0.717) is 0 Å². The van der Waals surface area contributed by atoms with E-state index < -0.39 is 0 Å².